The zero-order valence-electron chi connectivity index (χ0n) is 33.7. The third-order valence-corrected chi connectivity index (χ3v) is 14.0. The average molecular weight is 843 g/mol. The number of hydrogen-bond donors (Lipinski definition) is 0. The summed E-state index contributed by atoms with van der Waals surface area (Å²) in [6.45, 7) is 8.96. The lowest BCUT2D eigenvalue weighted by Gasteiger charge is -2.11. The Morgan fingerprint density at radius 2 is 1.14 bits per heavy atom. The molecule has 12 rings (SSSR count). The molecule has 5 heterocycles. The van der Waals surface area contributed by atoms with Gasteiger partial charge in [0.2, 0.25) is 0 Å². The van der Waals surface area contributed by atoms with E-state index in [1.54, 1.807) is 22.7 Å². The van der Waals surface area contributed by atoms with E-state index >= 15 is 0 Å². The van der Waals surface area contributed by atoms with E-state index in [2.05, 4.69) is 132 Å². The number of nitrogens with zero attached hydrogens (tertiary/aromatic N) is 6. The van der Waals surface area contributed by atoms with Gasteiger partial charge in [-0.05, 0) is 48.5 Å². The van der Waals surface area contributed by atoms with E-state index in [0.717, 1.165) is 97.1 Å². The molecule has 5 aromatic heterocycles. The van der Waals surface area contributed by atoms with Gasteiger partial charge in [-0.3, -0.25) is 0 Å². The molecule has 0 N–H and O–H groups in total. The summed E-state index contributed by atoms with van der Waals surface area (Å²) in [4.78, 5) is 27.2. The van der Waals surface area contributed by atoms with Crippen LogP contribution in [0, 0.1) is 0 Å². The van der Waals surface area contributed by atoms with Crippen molar-refractivity contribution in [3.05, 3.63) is 205 Å². The van der Waals surface area contributed by atoms with Crippen LogP contribution in [0.5, 0.6) is 0 Å². The van der Waals surface area contributed by atoms with Crippen LogP contribution in [0.25, 0.3) is 115 Å². The lowest BCUT2D eigenvalue weighted by atomic mass is 10.00. The first-order valence-electron chi connectivity index (χ1n) is 20.6. The molecule has 0 aliphatic rings. The maximum atomic E-state index is 5.31. The van der Waals surface area contributed by atoms with Crippen LogP contribution < -0.4 is 0 Å². The Labute approximate surface area is 370 Å². The second-order valence-corrected chi connectivity index (χ2v) is 17.5. The Balaban J connectivity index is 1.05. The molecule has 0 saturated carbocycles. The van der Waals surface area contributed by atoms with Crippen molar-refractivity contribution in [2.45, 2.75) is 0 Å². The highest BCUT2D eigenvalue weighted by Crippen LogP contribution is 2.44. The number of thiophene rings is 2. The molecule has 0 amide bonds. The molecule has 0 saturated heterocycles. The van der Waals surface area contributed by atoms with Crippen LogP contribution in [-0.4, -0.2) is 29.5 Å². The van der Waals surface area contributed by atoms with Gasteiger partial charge in [0.1, 0.15) is 0 Å². The van der Waals surface area contributed by atoms with Crippen LogP contribution in [0.3, 0.4) is 0 Å². The molecule has 6 nitrogen and oxygen atoms in total. The zero-order valence-corrected chi connectivity index (χ0v) is 35.4. The lowest BCUT2D eigenvalue weighted by molar-refractivity contribution is 1.08. The highest BCUT2D eigenvalue weighted by Gasteiger charge is 2.23. The van der Waals surface area contributed by atoms with Crippen molar-refractivity contribution in [3.63, 3.8) is 0 Å². The van der Waals surface area contributed by atoms with Crippen molar-refractivity contribution in [3.8, 4) is 51.1 Å². The van der Waals surface area contributed by atoms with Crippen LogP contribution in [0.4, 0.5) is 0 Å². The molecule has 63 heavy (non-hydrogen) atoms. The second kappa shape index (κ2) is 14.9. The van der Waals surface area contributed by atoms with Gasteiger partial charge in [-0.1, -0.05) is 147 Å². The summed E-state index contributed by atoms with van der Waals surface area (Å²) < 4.78 is 5.63. The molecular formula is C55H34N6S2. The van der Waals surface area contributed by atoms with Gasteiger partial charge < -0.3 is 4.57 Å². The Morgan fingerprint density at radius 3 is 1.92 bits per heavy atom. The van der Waals surface area contributed by atoms with Crippen molar-refractivity contribution in [1.29, 1.82) is 0 Å². The molecule has 0 aliphatic heterocycles. The molecular weight excluding hydrogens is 809 g/mol. The van der Waals surface area contributed by atoms with Gasteiger partial charge in [-0.25, -0.2) is 24.9 Å². The summed E-state index contributed by atoms with van der Waals surface area (Å²) in [6.07, 6.45) is 1.91. The van der Waals surface area contributed by atoms with Gasteiger partial charge in [0.15, 0.2) is 23.3 Å². The largest absolute Gasteiger partial charge is 0.309 e. The predicted molar refractivity (Wildman–Crippen MR) is 264 cm³/mol. The fourth-order valence-corrected chi connectivity index (χ4v) is 11.0. The number of aromatic nitrogens is 6. The van der Waals surface area contributed by atoms with Gasteiger partial charge in [-0.2, -0.15) is 0 Å². The summed E-state index contributed by atoms with van der Waals surface area (Å²) in [5.41, 5.74) is 10.5. The molecule has 12 aromatic rings. The van der Waals surface area contributed by atoms with Gasteiger partial charge >= 0.3 is 0 Å². The third-order valence-electron chi connectivity index (χ3n) is 11.6. The summed E-state index contributed by atoms with van der Waals surface area (Å²) in [5.74, 6) is 2.34. The first-order chi connectivity index (χ1) is 31.1. The van der Waals surface area contributed by atoms with Crippen LogP contribution >= 0.6 is 22.7 Å². The number of fused-ring (bicyclic) bond motifs is 7. The predicted octanol–water partition coefficient (Wildman–Crippen LogP) is 14.7. The molecule has 0 spiro atoms. The second-order valence-electron chi connectivity index (χ2n) is 15.3. The Morgan fingerprint density at radius 1 is 0.508 bits per heavy atom. The van der Waals surface area contributed by atoms with E-state index in [9.17, 15) is 0 Å². The maximum absolute atomic E-state index is 5.31. The molecule has 0 atom stereocenters. The maximum Gasteiger partial charge on any atom is 0.164 e. The van der Waals surface area contributed by atoms with Gasteiger partial charge in [0, 0.05) is 74.9 Å². The average Bonchev–Trinajstić information content (AvgIpc) is 4.03. The molecule has 0 aliphatic carbocycles. The van der Waals surface area contributed by atoms with Crippen molar-refractivity contribution in [2.75, 3.05) is 0 Å². The van der Waals surface area contributed by atoms with E-state index in [1.807, 2.05) is 60.7 Å². The molecule has 296 valence electrons. The Kier molecular flexibility index (Phi) is 8.74. The molecule has 0 radical (unpaired) electrons. The third kappa shape index (κ3) is 6.10. The summed E-state index contributed by atoms with van der Waals surface area (Å²) in [6, 6.07) is 60.7. The van der Waals surface area contributed by atoms with E-state index in [1.165, 1.54) is 4.70 Å². The minimum absolute atomic E-state index is 0.571. The van der Waals surface area contributed by atoms with Crippen molar-refractivity contribution in [1.82, 2.24) is 29.5 Å². The quantitative estimate of drug-likeness (QED) is 0.152. The van der Waals surface area contributed by atoms with Crippen LogP contribution in [-0.2, 0) is 0 Å². The van der Waals surface area contributed by atoms with Crippen LogP contribution in [0.15, 0.2) is 189 Å². The first kappa shape index (κ1) is 36.9. The number of rotatable bonds is 8. The van der Waals surface area contributed by atoms with Crippen molar-refractivity contribution >= 4 is 86.5 Å². The van der Waals surface area contributed by atoms with Gasteiger partial charge in [0.25, 0.3) is 0 Å². The summed E-state index contributed by atoms with van der Waals surface area (Å²) in [5, 5.41) is 4.32. The topological polar surface area (TPSA) is 69.4 Å². The molecule has 7 aromatic carbocycles. The zero-order chi connectivity index (χ0) is 42.0. The van der Waals surface area contributed by atoms with Crippen molar-refractivity contribution < 1.29 is 0 Å². The molecule has 0 unspecified atom stereocenters. The normalized spacial score (nSPS) is 11.6. The molecule has 8 heteroatoms. The van der Waals surface area contributed by atoms with Gasteiger partial charge in [-0.15, -0.1) is 22.7 Å². The van der Waals surface area contributed by atoms with Crippen LogP contribution in [0.1, 0.15) is 16.3 Å². The number of para-hydroxylation sites is 2. The first-order valence-corrected chi connectivity index (χ1v) is 22.3. The molecule has 0 fully saturated rings. The lowest BCUT2D eigenvalue weighted by Crippen LogP contribution is -2.01. The monoisotopic (exact) mass is 842 g/mol. The fraction of sp³-hybridized carbons (Fsp3) is 0. The van der Waals surface area contributed by atoms with Crippen molar-refractivity contribution in [2.24, 2.45) is 0 Å². The minimum Gasteiger partial charge on any atom is -0.309 e. The highest BCUT2D eigenvalue weighted by atomic mass is 32.1. The summed E-state index contributed by atoms with van der Waals surface area (Å²) in [7, 11) is 0. The van der Waals surface area contributed by atoms with E-state index in [-0.39, 0.29) is 0 Å². The number of benzene rings is 7. The minimum atomic E-state index is 0.571. The van der Waals surface area contributed by atoms with E-state index in [0.29, 0.717) is 23.3 Å². The molecule has 0 bridgehead atoms. The smallest absolute Gasteiger partial charge is 0.164 e. The number of hydrogen-bond acceptors (Lipinski definition) is 7. The Bertz CT molecular complexity index is 3770. The summed E-state index contributed by atoms with van der Waals surface area (Å²) >= 11 is 3.40. The van der Waals surface area contributed by atoms with E-state index in [4.69, 9.17) is 31.5 Å². The van der Waals surface area contributed by atoms with E-state index < -0.39 is 0 Å². The van der Waals surface area contributed by atoms with Crippen LogP contribution in [0.2, 0.25) is 0 Å². The fourth-order valence-electron chi connectivity index (χ4n) is 8.74. The standard InChI is InChI=1S/C55H34N6S2/c1-3-44-47(33(2)52-56-49(34-18-7-4-8-19-34)51-50(57-52)39-25-14-16-29-45(39)63-51)41-32-36(30-31-46(41)62-44)54-58-53(35-20-9-5-10-21-35)59-55(60-54)40-26-17-28-43-48(40)38-24-13-15-27-42(38)61(43)37-22-11-6-12-23-37/h3-32H,1-2H2. The highest BCUT2D eigenvalue weighted by molar-refractivity contribution is 7.26. The Hall–Kier alpha value is -7.91. The van der Waals surface area contributed by atoms with Gasteiger partial charge in [0.05, 0.1) is 26.9 Å². The SMILES string of the molecule is C=Cc1sc2ccc(-c3nc(-c4ccccc4)nc(-c4cccc5c4c4ccccc4n5-c4ccccc4)n3)cc2c1C(=C)c1nc(-c2ccccc2)c2sc3ccccc3c2n1.